The molecule has 1 heterocycles. The number of benzene rings is 1. The largest absolute Gasteiger partial charge is 0.336 e. The van der Waals surface area contributed by atoms with Crippen LogP contribution in [0.1, 0.15) is 36.2 Å². The maximum atomic E-state index is 12.1. The first kappa shape index (κ1) is 10.2. The van der Waals surface area contributed by atoms with Crippen LogP contribution in [-0.4, -0.2) is 23.4 Å². The maximum absolute atomic E-state index is 12.1. The second kappa shape index (κ2) is 4.05. The van der Waals surface area contributed by atoms with Crippen LogP contribution in [0.5, 0.6) is 0 Å². The maximum Gasteiger partial charge on any atom is 0.254 e. The van der Waals surface area contributed by atoms with Gasteiger partial charge in [0.15, 0.2) is 0 Å². The molecule has 0 N–H and O–H groups in total. The first-order valence-corrected chi connectivity index (χ1v) is 5.63. The quantitative estimate of drug-likeness (QED) is 0.723. The van der Waals surface area contributed by atoms with E-state index in [4.69, 9.17) is 0 Å². The summed E-state index contributed by atoms with van der Waals surface area (Å²) in [6, 6.07) is 8.29. The van der Waals surface area contributed by atoms with Gasteiger partial charge < -0.3 is 4.90 Å². The highest BCUT2D eigenvalue weighted by Crippen LogP contribution is 2.20. The lowest BCUT2D eigenvalue weighted by Gasteiger charge is -2.33. The molecule has 1 aliphatic rings. The molecule has 1 atom stereocenters. The molecule has 0 aliphatic carbocycles. The summed E-state index contributed by atoms with van der Waals surface area (Å²) in [5.41, 5.74) is 2.09. The van der Waals surface area contributed by atoms with Crippen molar-refractivity contribution in [1.82, 2.24) is 4.90 Å². The Morgan fingerprint density at radius 3 is 2.87 bits per heavy atom. The summed E-state index contributed by atoms with van der Waals surface area (Å²) in [6.45, 7) is 5.11. The molecule has 2 rings (SSSR count). The van der Waals surface area contributed by atoms with Crippen molar-refractivity contribution in [3.8, 4) is 0 Å². The summed E-state index contributed by atoms with van der Waals surface area (Å²) in [5.74, 6) is 0.200. The summed E-state index contributed by atoms with van der Waals surface area (Å²) in [4.78, 5) is 14.1. The third kappa shape index (κ3) is 1.76. The zero-order chi connectivity index (χ0) is 10.8. The first-order chi connectivity index (χ1) is 7.24. The minimum absolute atomic E-state index is 0.200. The lowest BCUT2D eigenvalue weighted by molar-refractivity contribution is 0.0670. The fourth-order valence-corrected chi connectivity index (χ4v) is 2.09. The Bertz CT molecular complexity index is 373. The van der Waals surface area contributed by atoms with Gasteiger partial charge in [0.05, 0.1) is 0 Å². The standard InChI is InChI=1S/C13H17NO/c1-3-10(2)14-9-8-11-6-4-5-7-12(11)13(14)15/h4-7,10H,3,8-9H2,1-2H3. The van der Waals surface area contributed by atoms with E-state index < -0.39 is 0 Å². The number of carbonyl (C=O) groups is 1. The van der Waals surface area contributed by atoms with E-state index in [1.165, 1.54) is 5.56 Å². The Kier molecular flexibility index (Phi) is 2.76. The Labute approximate surface area is 90.9 Å². The average molecular weight is 203 g/mol. The predicted octanol–water partition coefficient (Wildman–Crippen LogP) is 2.48. The fraction of sp³-hybridized carbons (Fsp3) is 0.462. The van der Waals surface area contributed by atoms with Crippen LogP contribution in [0.2, 0.25) is 0 Å². The van der Waals surface area contributed by atoms with E-state index in [0.717, 1.165) is 24.9 Å². The van der Waals surface area contributed by atoms with Crippen molar-refractivity contribution < 1.29 is 4.79 Å². The number of nitrogens with zero attached hydrogens (tertiary/aromatic N) is 1. The molecule has 0 saturated carbocycles. The highest BCUT2D eigenvalue weighted by Gasteiger charge is 2.26. The molecule has 80 valence electrons. The molecule has 0 spiro atoms. The Morgan fingerprint density at radius 1 is 1.40 bits per heavy atom. The van der Waals surface area contributed by atoms with Crippen LogP contribution >= 0.6 is 0 Å². The molecular weight excluding hydrogens is 186 g/mol. The Hall–Kier alpha value is -1.31. The van der Waals surface area contributed by atoms with Crippen LogP contribution in [-0.2, 0) is 6.42 Å². The van der Waals surface area contributed by atoms with Gasteiger partial charge in [0.1, 0.15) is 0 Å². The van der Waals surface area contributed by atoms with Gasteiger partial charge >= 0.3 is 0 Å². The van der Waals surface area contributed by atoms with Gasteiger partial charge in [0.2, 0.25) is 0 Å². The van der Waals surface area contributed by atoms with Gasteiger partial charge in [-0.25, -0.2) is 0 Å². The lowest BCUT2D eigenvalue weighted by atomic mass is 9.97. The SMILES string of the molecule is CCC(C)N1CCc2ccccc2C1=O. The summed E-state index contributed by atoms with van der Waals surface area (Å²) in [5, 5.41) is 0. The van der Waals surface area contributed by atoms with Crippen molar-refractivity contribution in [2.24, 2.45) is 0 Å². The van der Waals surface area contributed by atoms with E-state index in [-0.39, 0.29) is 5.91 Å². The van der Waals surface area contributed by atoms with E-state index in [2.05, 4.69) is 19.9 Å². The molecule has 1 aliphatic heterocycles. The summed E-state index contributed by atoms with van der Waals surface area (Å²) in [6.07, 6.45) is 2.01. The third-order valence-electron chi connectivity index (χ3n) is 3.25. The number of rotatable bonds is 2. The predicted molar refractivity (Wildman–Crippen MR) is 60.9 cm³/mol. The van der Waals surface area contributed by atoms with Gasteiger partial charge in [-0.2, -0.15) is 0 Å². The molecule has 1 amide bonds. The molecule has 0 radical (unpaired) electrons. The molecule has 1 aromatic carbocycles. The fourth-order valence-electron chi connectivity index (χ4n) is 2.09. The Balaban J connectivity index is 2.30. The van der Waals surface area contributed by atoms with E-state index in [1.54, 1.807) is 0 Å². The van der Waals surface area contributed by atoms with Crippen LogP contribution in [0.3, 0.4) is 0 Å². The van der Waals surface area contributed by atoms with Gasteiger partial charge in [-0.3, -0.25) is 4.79 Å². The number of carbonyl (C=O) groups excluding carboxylic acids is 1. The molecule has 1 aromatic rings. The average Bonchev–Trinajstić information content (AvgIpc) is 2.29. The van der Waals surface area contributed by atoms with Gasteiger partial charge in [-0.1, -0.05) is 25.1 Å². The molecule has 1 unspecified atom stereocenters. The van der Waals surface area contributed by atoms with E-state index in [1.807, 2.05) is 23.1 Å². The second-order valence-electron chi connectivity index (χ2n) is 4.16. The van der Waals surface area contributed by atoms with Gasteiger partial charge in [0, 0.05) is 18.2 Å². The van der Waals surface area contributed by atoms with Crippen LogP contribution in [0.25, 0.3) is 0 Å². The molecule has 0 saturated heterocycles. The molecule has 0 aromatic heterocycles. The Morgan fingerprint density at radius 2 is 2.13 bits per heavy atom. The smallest absolute Gasteiger partial charge is 0.254 e. The van der Waals surface area contributed by atoms with Crippen molar-refractivity contribution in [2.45, 2.75) is 32.7 Å². The van der Waals surface area contributed by atoms with Crippen LogP contribution < -0.4 is 0 Å². The highest BCUT2D eigenvalue weighted by atomic mass is 16.2. The number of hydrogen-bond donors (Lipinski definition) is 0. The first-order valence-electron chi connectivity index (χ1n) is 5.63. The summed E-state index contributed by atoms with van der Waals surface area (Å²) < 4.78 is 0. The second-order valence-corrected chi connectivity index (χ2v) is 4.16. The molecule has 2 heteroatoms. The van der Waals surface area contributed by atoms with Crippen molar-refractivity contribution >= 4 is 5.91 Å². The van der Waals surface area contributed by atoms with E-state index >= 15 is 0 Å². The zero-order valence-corrected chi connectivity index (χ0v) is 9.36. The number of hydrogen-bond acceptors (Lipinski definition) is 1. The highest BCUT2D eigenvalue weighted by molar-refractivity contribution is 5.96. The topological polar surface area (TPSA) is 20.3 Å². The minimum Gasteiger partial charge on any atom is -0.336 e. The molecule has 2 nitrogen and oxygen atoms in total. The van der Waals surface area contributed by atoms with Crippen LogP contribution in [0.15, 0.2) is 24.3 Å². The normalized spacial score (nSPS) is 17.5. The zero-order valence-electron chi connectivity index (χ0n) is 9.36. The van der Waals surface area contributed by atoms with Gasteiger partial charge in [-0.15, -0.1) is 0 Å². The third-order valence-corrected chi connectivity index (χ3v) is 3.25. The van der Waals surface area contributed by atoms with Crippen LogP contribution in [0, 0.1) is 0 Å². The number of fused-ring (bicyclic) bond motifs is 1. The van der Waals surface area contributed by atoms with Gasteiger partial charge in [0.25, 0.3) is 5.91 Å². The molecule has 0 bridgehead atoms. The lowest BCUT2D eigenvalue weighted by Crippen LogP contribution is -2.43. The van der Waals surface area contributed by atoms with Crippen molar-refractivity contribution in [2.75, 3.05) is 6.54 Å². The van der Waals surface area contributed by atoms with Gasteiger partial charge in [-0.05, 0) is 31.4 Å². The number of amides is 1. The monoisotopic (exact) mass is 203 g/mol. The summed E-state index contributed by atoms with van der Waals surface area (Å²) >= 11 is 0. The van der Waals surface area contributed by atoms with Crippen molar-refractivity contribution in [3.63, 3.8) is 0 Å². The molecule has 15 heavy (non-hydrogen) atoms. The van der Waals surface area contributed by atoms with Crippen molar-refractivity contribution in [3.05, 3.63) is 35.4 Å². The molecule has 0 fully saturated rings. The van der Waals surface area contributed by atoms with E-state index in [0.29, 0.717) is 6.04 Å². The molecular formula is C13H17NO. The van der Waals surface area contributed by atoms with E-state index in [9.17, 15) is 4.79 Å². The minimum atomic E-state index is 0.200. The van der Waals surface area contributed by atoms with Crippen LogP contribution in [0.4, 0.5) is 0 Å². The van der Waals surface area contributed by atoms with Crippen molar-refractivity contribution in [1.29, 1.82) is 0 Å². The summed E-state index contributed by atoms with van der Waals surface area (Å²) in [7, 11) is 0.